The fourth-order valence-electron chi connectivity index (χ4n) is 0.686. The van der Waals surface area contributed by atoms with Crippen LogP contribution in [0.5, 0.6) is 0 Å². The van der Waals surface area contributed by atoms with Gasteiger partial charge in [-0.15, -0.1) is 0 Å². The van der Waals surface area contributed by atoms with Gasteiger partial charge in [-0.1, -0.05) is 11.8 Å². The molecule has 0 unspecified atom stereocenters. The number of nitriles is 1. The average Bonchev–Trinajstić information content (AvgIpc) is 2.30. The highest BCUT2D eigenvalue weighted by molar-refractivity contribution is 7.98. The van der Waals surface area contributed by atoms with E-state index in [4.69, 9.17) is 5.26 Å². The molecular weight excluding hydrogens is 146 g/mol. The Kier molecular flexibility index (Phi) is 1.97. The largest absolute Gasteiger partial charge is 0.314 e. The standard InChI is InChI=1S/C6H7N3S/c1-9-5(3-7)4-8-6(9)10-2/h4H,1-2H3. The Hall–Kier alpha value is -0.950. The van der Waals surface area contributed by atoms with Crippen LogP contribution in [0, 0.1) is 11.3 Å². The molecule has 0 saturated carbocycles. The first-order chi connectivity index (χ1) is 4.79. The average molecular weight is 153 g/mol. The van der Waals surface area contributed by atoms with Gasteiger partial charge < -0.3 is 4.57 Å². The van der Waals surface area contributed by atoms with Gasteiger partial charge in [0.2, 0.25) is 0 Å². The lowest BCUT2D eigenvalue weighted by atomic mass is 10.5. The van der Waals surface area contributed by atoms with Gasteiger partial charge in [0.25, 0.3) is 0 Å². The van der Waals surface area contributed by atoms with Crippen molar-refractivity contribution in [3.05, 3.63) is 11.9 Å². The Morgan fingerprint density at radius 2 is 2.50 bits per heavy atom. The number of rotatable bonds is 1. The second kappa shape index (κ2) is 2.76. The van der Waals surface area contributed by atoms with Crippen molar-refractivity contribution in [2.24, 2.45) is 7.05 Å². The van der Waals surface area contributed by atoms with Crippen molar-refractivity contribution in [2.75, 3.05) is 6.26 Å². The summed E-state index contributed by atoms with van der Waals surface area (Å²) in [5.74, 6) is 0. The topological polar surface area (TPSA) is 41.6 Å². The van der Waals surface area contributed by atoms with Crippen LogP contribution in [-0.4, -0.2) is 15.8 Å². The van der Waals surface area contributed by atoms with Gasteiger partial charge in [0, 0.05) is 7.05 Å². The molecule has 0 amide bonds. The quantitative estimate of drug-likeness (QED) is 0.565. The molecule has 0 saturated heterocycles. The van der Waals surface area contributed by atoms with Crippen LogP contribution >= 0.6 is 11.8 Å². The fourth-order valence-corrected chi connectivity index (χ4v) is 1.22. The van der Waals surface area contributed by atoms with Crippen LogP contribution in [-0.2, 0) is 7.05 Å². The second-order valence-corrected chi connectivity index (χ2v) is 2.57. The molecule has 1 heterocycles. The summed E-state index contributed by atoms with van der Waals surface area (Å²) in [5, 5.41) is 9.38. The summed E-state index contributed by atoms with van der Waals surface area (Å²) in [7, 11) is 1.83. The molecule has 0 spiro atoms. The number of nitrogens with zero attached hydrogens (tertiary/aromatic N) is 3. The first kappa shape index (κ1) is 7.16. The SMILES string of the molecule is CSc1ncc(C#N)n1C. The summed E-state index contributed by atoms with van der Waals surface area (Å²) in [5.41, 5.74) is 0.601. The molecule has 0 radical (unpaired) electrons. The van der Waals surface area contributed by atoms with Gasteiger partial charge in [0.15, 0.2) is 5.16 Å². The van der Waals surface area contributed by atoms with E-state index in [0.29, 0.717) is 5.69 Å². The molecule has 0 atom stereocenters. The molecule has 0 aliphatic carbocycles. The molecule has 52 valence electrons. The van der Waals surface area contributed by atoms with Gasteiger partial charge in [0.1, 0.15) is 11.8 Å². The molecule has 0 bridgehead atoms. The number of hydrogen-bond donors (Lipinski definition) is 0. The van der Waals surface area contributed by atoms with E-state index in [1.54, 1.807) is 10.8 Å². The van der Waals surface area contributed by atoms with Gasteiger partial charge in [-0.2, -0.15) is 5.26 Å². The molecule has 3 nitrogen and oxygen atoms in total. The molecule has 1 rings (SSSR count). The van der Waals surface area contributed by atoms with Gasteiger partial charge in [-0.3, -0.25) is 0 Å². The van der Waals surface area contributed by atoms with E-state index >= 15 is 0 Å². The molecule has 4 heteroatoms. The smallest absolute Gasteiger partial charge is 0.168 e. The van der Waals surface area contributed by atoms with E-state index in [9.17, 15) is 0 Å². The molecule has 1 aromatic rings. The third kappa shape index (κ3) is 1.00. The van der Waals surface area contributed by atoms with Gasteiger partial charge >= 0.3 is 0 Å². The minimum Gasteiger partial charge on any atom is -0.314 e. The number of aromatic nitrogens is 2. The van der Waals surface area contributed by atoms with Crippen LogP contribution in [0.15, 0.2) is 11.4 Å². The molecule has 10 heavy (non-hydrogen) atoms. The van der Waals surface area contributed by atoms with E-state index < -0.39 is 0 Å². The van der Waals surface area contributed by atoms with E-state index in [-0.39, 0.29) is 0 Å². The summed E-state index contributed by atoms with van der Waals surface area (Å²) in [6.07, 6.45) is 3.51. The van der Waals surface area contributed by atoms with Crippen LogP contribution < -0.4 is 0 Å². The Bertz CT molecular complexity index is 271. The van der Waals surface area contributed by atoms with Crippen molar-refractivity contribution in [1.82, 2.24) is 9.55 Å². The first-order valence-electron chi connectivity index (χ1n) is 2.75. The van der Waals surface area contributed by atoms with Crippen molar-refractivity contribution in [3.63, 3.8) is 0 Å². The summed E-state index contributed by atoms with van der Waals surface area (Å²) < 4.78 is 1.77. The van der Waals surface area contributed by atoms with Crippen molar-refractivity contribution < 1.29 is 0 Å². The van der Waals surface area contributed by atoms with Crippen LogP contribution in [0.1, 0.15) is 5.69 Å². The predicted molar refractivity (Wildman–Crippen MR) is 39.7 cm³/mol. The summed E-state index contributed by atoms with van der Waals surface area (Å²) >= 11 is 1.53. The van der Waals surface area contributed by atoms with E-state index in [2.05, 4.69) is 4.98 Å². The number of thioether (sulfide) groups is 1. The van der Waals surface area contributed by atoms with Crippen LogP contribution in [0.2, 0.25) is 0 Å². The van der Waals surface area contributed by atoms with E-state index in [1.807, 2.05) is 19.4 Å². The zero-order chi connectivity index (χ0) is 7.56. The maximum absolute atomic E-state index is 8.51. The number of imidazole rings is 1. The Balaban J connectivity index is 3.12. The summed E-state index contributed by atoms with van der Waals surface area (Å²) in [6, 6.07) is 2.04. The highest BCUT2D eigenvalue weighted by Gasteiger charge is 2.02. The first-order valence-corrected chi connectivity index (χ1v) is 3.98. The van der Waals surface area contributed by atoms with Crippen molar-refractivity contribution >= 4 is 11.8 Å². The fraction of sp³-hybridized carbons (Fsp3) is 0.333. The molecule has 0 aliphatic rings. The third-order valence-corrected chi connectivity index (χ3v) is 1.99. The maximum atomic E-state index is 8.51. The van der Waals surface area contributed by atoms with Crippen LogP contribution in [0.4, 0.5) is 0 Å². The zero-order valence-corrected chi connectivity index (χ0v) is 6.64. The molecular formula is C6H7N3S. The minimum absolute atomic E-state index is 0.601. The Morgan fingerprint density at radius 3 is 2.80 bits per heavy atom. The highest BCUT2D eigenvalue weighted by atomic mass is 32.2. The summed E-state index contributed by atoms with van der Waals surface area (Å²) in [4.78, 5) is 4.01. The maximum Gasteiger partial charge on any atom is 0.168 e. The molecule has 0 aliphatic heterocycles. The van der Waals surface area contributed by atoms with Crippen LogP contribution in [0.3, 0.4) is 0 Å². The van der Waals surface area contributed by atoms with Crippen LogP contribution in [0.25, 0.3) is 0 Å². The Morgan fingerprint density at radius 1 is 1.80 bits per heavy atom. The van der Waals surface area contributed by atoms with Crippen molar-refractivity contribution in [1.29, 1.82) is 5.26 Å². The van der Waals surface area contributed by atoms with E-state index in [0.717, 1.165) is 5.16 Å². The highest BCUT2D eigenvalue weighted by Crippen LogP contribution is 2.12. The third-order valence-electron chi connectivity index (χ3n) is 1.24. The lowest BCUT2D eigenvalue weighted by Gasteiger charge is -1.94. The van der Waals surface area contributed by atoms with Gasteiger partial charge in [-0.25, -0.2) is 4.98 Å². The predicted octanol–water partition coefficient (Wildman–Crippen LogP) is 1.01. The molecule has 0 aromatic carbocycles. The summed E-state index contributed by atoms with van der Waals surface area (Å²) in [6.45, 7) is 0. The molecule has 0 N–H and O–H groups in total. The van der Waals surface area contributed by atoms with Gasteiger partial charge in [-0.05, 0) is 6.26 Å². The lowest BCUT2D eigenvalue weighted by Crippen LogP contribution is -1.92. The number of hydrogen-bond acceptors (Lipinski definition) is 3. The molecule has 1 aromatic heterocycles. The Labute approximate surface area is 63.7 Å². The van der Waals surface area contributed by atoms with Crippen molar-refractivity contribution in [2.45, 2.75) is 5.16 Å². The minimum atomic E-state index is 0.601. The van der Waals surface area contributed by atoms with E-state index in [1.165, 1.54) is 11.8 Å². The normalized spacial score (nSPS) is 9.30. The monoisotopic (exact) mass is 153 g/mol. The molecule has 0 fully saturated rings. The van der Waals surface area contributed by atoms with Gasteiger partial charge in [0.05, 0.1) is 6.20 Å². The lowest BCUT2D eigenvalue weighted by molar-refractivity contribution is 0.781. The second-order valence-electron chi connectivity index (χ2n) is 1.80. The van der Waals surface area contributed by atoms with Crippen molar-refractivity contribution in [3.8, 4) is 6.07 Å². The zero-order valence-electron chi connectivity index (χ0n) is 5.83.